The summed E-state index contributed by atoms with van der Waals surface area (Å²) in [5, 5.41) is 3.06. The molecule has 1 atom stereocenters. The third-order valence-electron chi connectivity index (χ3n) is 1.76. The first-order valence-corrected chi connectivity index (χ1v) is 4.28. The van der Waals surface area contributed by atoms with E-state index in [-0.39, 0.29) is 5.82 Å². The summed E-state index contributed by atoms with van der Waals surface area (Å²) >= 11 is 0. The van der Waals surface area contributed by atoms with E-state index < -0.39 is 0 Å². The van der Waals surface area contributed by atoms with Gasteiger partial charge in [0.15, 0.2) is 0 Å². The molecule has 0 saturated heterocycles. The summed E-state index contributed by atoms with van der Waals surface area (Å²) in [7, 11) is 0. The molecule has 0 fully saturated rings. The van der Waals surface area contributed by atoms with Crippen LogP contribution in [0.15, 0.2) is 18.3 Å². The van der Waals surface area contributed by atoms with E-state index in [0.29, 0.717) is 18.3 Å². The highest BCUT2D eigenvalue weighted by Gasteiger charge is 1.99. The molecule has 0 radical (unpaired) electrons. The zero-order chi connectivity index (χ0) is 9.68. The summed E-state index contributed by atoms with van der Waals surface area (Å²) in [6.45, 7) is 3.43. The zero-order valence-corrected chi connectivity index (χ0v) is 7.63. The molecule has 1 rings (SSSR count). The second kappa shape index (κ2) is 4.77. The fourth-order valence-electron chi connectivity index (χ4n) is 0.843. The molecule has 0 aliphatic carbocycles. The van der Waals surface area contributed by atoms with Crippen molar-refractivity contribution >= 4 is 5.82 Å². The SMILES string of the molecule is CC(CN)CNc1ccc(F)cn1. The van der Waals surface area contributed by atoms with Gasteiger partial charge in [-0.05, 0) is 24.6 Å². The second-order valence-electron chi connectivity index (χ2n) is 3.08. The van der Waals surface area contributed by atoms with Gasteiger partial charge in [0.2, 0.25) is 0 Å². The number of pyridine rings is 1. The van der Waals surface area contributed by atoms with Crippen molar-refractivity contribution in [3.63, 3.8) is 0 Å². The van der Waals surface area contributed by atoms with Crippen molar-refractivity contribution in [3.05, 3.63) is 24.1 Å². The first-order valence-electron chi connectivity index (χ1n) is 4.28. The van der Waals surface area contributed by atoms with Gasteiger partial charge in [0, 0.05) is 6.54 Å². The molecular weight excluding hydrogens is 169 g/mol. The molecule has 0 spiro atoms. The molecule has 0 aliphatic heterocycles. The van der Waals surface area contributed by atoms with E-state index in [1.54, 1.807) is 6.07 Å². The van der Waals surface area contributed by atoms with Crippen LogP contribution in [0.5, 0.6) is 0 Å². The third kappa shape index (κ3) is 3.38. The molecule has 4 heteroatoms. The normalized spacial score (nSPS) is 12.5. The molecule has 1 aromatic heterocycles. The van der Waals surface area contributed by atoms with Crippen molar-refractivity contribution < 1.29 is 4.39 Å². The highest BCUT2D eigenvalue weighted by Crippen LogP contribution is 2.04. The standard InChI is InChI=1S/C9H14FN3/c1-7(4-11)5-12-9-3-2-8(10)6-13-9/h2-3,6-7H,4-5,11H2,1H3,(H,12,13). The number of nitrogens with zero attached hydrogens (tertiary/aromatic N) is 1. The van der Waals surface area contributed by atoms with Crippen LogP contribution in [0.25, 0.3) is 0 Å². The van der Waals surface area contributed by atoms with E-state index in [1.807, 2.05) is 6.92 Å². The Kier molecular flexibility index (Phi) is 3.64. The number of halogens is 1. The Bertz CT molecular complexity index is 248. The topological polar surface area (TPSA) is 50.9 Å². The summed E-state index contributed by atoms with van der Waals surface area (Å²) in [5.74, 6) is 0.756. The smallest absolute Gasteiger partial charge is 0.141 e. The third-order valence-corrected chi connectivity index (χ3v) is 1.76. The second-order valence-corrected chi connectivity index (χ2v) is 3.08. The minimum absolute atomic E-state index is 0.322. The maximum Gasteiger partial charge on any atom is 0.141 e. The van der Waals surface area contributed by atoms with Gasteiger partial charge in [-0.1, -0.05) is 6.92 Å². The van der Waals surface area contributed by atoms with Gasteiger partial charge in [-0.2, -0.15) is 0 Å². The number of nitrogens with two attached hydrogens (primary N) is 1. The van der Waals surface area contributed by atoms with E-state index in [1.165, 1.54) is 12.3 Å². The Balaban J connectivity index is 2.41. The van der Waals surface area contributed by atoms with Crippen molar-refractivity contribution in [2.24, 2.45) is 11.7 Å². The van der Waals surface area contributed by atoms with Gasteiger partial charge in [-0.3, -0.25) is 0 Å². The van der Waals surface area contributed by atoms with E-state index in [2.05, 4.69) is 10.3 Å². The molecule has 1 aromatic rings. The minimum Gasteiger partial charge on any atom is -0.370 e. The lowest BCUT2D eigenvalue weighted by molar-refractivity contribution is 0.617. The maximum atomic E-state index is 12.4. The minimum atomic E-state index is -0.322. The van der Waals surface area contributed by atoms with Gasteiger partial charge < -0.3 is 11.1 Å². The summed E-state index contributed by atoms with van der Waals surface area (Å²) in [6, 6.07) is 2.99. The molecule has 0 aliphatic rings. The van der Waals surface area contributed by atoms with Gasteiger partial charge in [-0.25, -0.2) is 9.37 Å². The highest BCUT2D eigenvalue weighted by atomic mass is 19.1. The molecule has 0 saturated carbocycles. The Hall–Kier alpha value is -1.16. The monoisotopic (exact) mass is 183 g/mol. The predicted molar refractivity (Wildman–Crippen MR) is 50.9 cm³/mol. The van der Waals surface area contributed by atoms with Crippen LogP contribution >= 0.6 is 0 Å². The quantitative estimate of drug-likeness (QED) is 0.738. The molecule has 1 heterocycles. The van der Waals surface area contributed by atoms with E-state index >= 15 is 0 Å². The van der Waals surface area contributed by atoms with Crippen LogP contribution in [0.4, 0.5) is 10.2 Å². The van der Waals surface area contributed by atoms with E-state index in [4.69, 9.17) is 5.73 Å². The molecular formula is C9H14FN3. The number of rotatable bonds is 4. The number of nitrogens with one attached hydrogen (secondary N) is 1. The van der Waals surface area contributed by atoms with Crippen LogP contribution in [0.3, 0.4) is 0 Å². The number of anilines is 1. The summed E-state index contributed by atoms with van der Waals surface area (Å²) in [4.78, 5) is 3.86. The summed E-state index contributed by atoms with van der Waals surface area (Å²) in [5.41, 5.74) is 5.44. The van der Waals surface area contributed by atoms with Crippen molar-refractivity contribution in [1.82, 2.24) is 4.98 Å². The van der Waals surface area contributed by atoms with Crippen LogP contribution in [0.1, 0.15) is 6.92 Å². The first kappa shape index (κ1) is 9.92. The average molecular weight is 183 g/mol. The number of hydrogen-bond donors (Lipinski definition) is 2. The first-order chi connectivity index (χ1) is 6.22. The number of aromatic nitrogens is 1. The van der Waals surface area contributed by atoms with Gasteiger partial charge in [0.1, 0.15) is 11.6 Å². The maximum absolute atomic E-state index is 12.4. The van der Waals surface area contributed by atoms with E-state index in [0.717, 1.165) is 6.54 Å². The van der Waals surface area contributed by atoms with Crippen LogP contribution in [0.2, 0.25) is 0 Å². The van der Waals surface area contributed by atoms with Gasteiger partial charge in [0.25, 0.3) is 0 Å². The average Bonchev–Trinajstić information content (AvgIpc) is 2.16. The number of hydrogen-bond acceptors (Lipinski definition) is 3. The lowest BCUT2D eigenvalue weighted by atomic mass is 10.2. The molecule has 0 aromatic carbocycles. The molecule has 0 bridgehead atoms. The lowest BCUT2D eigenvalue weighted by Crippen LogP contribution is -2.20. The van der Waals surface area contributed by atoms with Crippen molar-refractivity contribution in [2.45, 2.75) is 6.92 Å². The van der Waals surface area contributed by atoms with Crippen LogP contribution in [-0.2, 0) is 0 Å². The van der Waals surface area contributed by atoms with E-state index in [9.17, 15) is 4.39 Å². The molecule has 3 N–H and O–H groups in total. The van der Waals surface area contributed by atoms with Crippen LogP contribution in [0, 0.1) is 11.7 Å². The van der Waals surface area contributed by atoms with Crippen LogP contribution in [-0.4, -0.2) is 18.1 Å². The molecule has 3 nitrogen and oxygen atoms in total. The fraction of sp³-hybridized carbons (Fsp3) is 0.444. The highest BCUT2D eigenvalue weighted by molar-refractivity contribution is 5.33. The molecule has 13 heavy (non-hydrogen) atoms. The summed E-state index contributed by atoms with van der Waals surface area (Å²) in [6.07, 6.45) is 1.19. The Morgan fingerprint density at radius 1 is 1.62 bits per heavy atom. The summed E-state index contributed by atoms with van der Waals surface area (Å²) < 4.78 is 12.4. The van der Waals surface area contributed by atoms with Crippen molar-refractivity contribution in [1.29, 1.82) is 0 Å². The van der Waals surface area contributed by atoms with Gasteiger partial charge in [0.05, 0.1) is 6.20 Å². The largest absolute Gasteiger partial charge is 0.370 e. The van der Waals surface area contributed by atoms with Crippen molar-refractivity contribution in [3.8, 4) is 0 Å². The Labute approximate surface area is 77.2 Å². The zero-order valence-electron chi connectivity index (χ0n) is 7.63. The fourth-order valence-corrected chi connectivity index (χ4v) is 0.843. The predicted octanol–water partition coefficient (Wildman–Crippen LogP) is 1.23. The molecule has 1 unspecified atom stereocenters. The Morgan fingerprint density at radius 2 is 2.38 bits per heavy atom. The lowest BCUT2D eigenvalue weighted by Gasteiger charge is -2.09. The van der Waals surface area contributed by atoms with Gasteiger partial charge in [-0.15, -0.1) is 0 Å². The van der Waals surface area contributed by atoms with Crippen LogP contribution < -0.4 is 11.1 Å². The molecule has 72 valence electrons. The molecule has 0 amide bonds. The van der Waals surface area contributed by atoms with Crippen molar-refractivity contribution in [2.75, 3.05) is 18.4 Å². The van der Waals surface area contributed by atoms with Gasteiger partial charge >= 0.3 is 0 Å². The Morgan fingerprint density at radius 3 is 2.92 bits per heavy atom.